The van der Waals surface area contributed by atoms with Crippen molar-refractivity contribution in [2.24, 2.45) is 11.8 Å². The van der Waals surface area contributed by atoms with Crippen molar-refractivity contribution in [3.8, 4) is 22.9 Å². The number of nitrogens with zero attached hydrogens (tertiary/aromatic N) is 3. The van der Waals surface area contributed by atoms with Crippen molar-refractivity contribution in [2.45, 2.75) is 121 Å². The molecule has 316 valence electrons. The minimum Gasteiger partial charge on any atom is -0.496 e. The Morgan fingerprint density at radius 2 is 1.76 bits per heavy atom. The number of carbonyl (C=O) groups is 5. The maximum absolute atomic E-state index is 14.7. The van der Waals surface area contributed by atoms with Crippen LogP contribution in [0.4, 0.5) is 9.93 Å². The predicted molar refractivity (Wildman–Crippen MR) is 221 cm³/mol. The average molecular weight is 831 g/mol. The molecule has 7 rings (SSSR count). The van der Waals surface area contributed by atoms with Crippen LogP contribution in [0, 0.1) is 18.8 Å². The van der Waals surface area contributed by atoms with E-state index in [1.165, 1.54) is 23.3 Å². The monoisotopic (exact) mass is 830 g/mol. The van der Waals surface area contributed by atoms with Gasteiger partial charge in [-0.3, -0.25) is 14.4 Å². The molecule has 5 atom stereocenters. The second kappa shape index (κ2) is 17.9. The SMILES string of the molecule is COC(=O)[C@@]12C[C@H]1/C=C\CCCCC[C@H](NC(=O)OC1CCCC1)C(=O)N1C[C@H](Oc3cc(-c4csc(NC(=O)C(C)C)n4)nc4c(C)c(OC)ccc34)C[C@H]1C(=O)N2. The number of esters is 1. The highest BCUT2D eigenvalue weighted by molar-refractivity contribution is 7.14. The number of aryl methyl sites for hydroxylation is 1. The third-order valence-electron chi connectivity index (χ3n) is 11.8. The van der Waals surface area contributed by atoms with E-state index in [1.807, 2.05) is 31.2 Å². The van der Waals surface area contributed by atoms with Gasteiger partial charge in [-0.25, -0.2) is 19.6 Å². The predicted octanol–water partition coefficient (Wildman–Crippen LogP) is 6.22. The van der Waals surface area contributed by atoms with Gasteiger partial charge in [-0.1, -0.05) is 38.8 Å². The standard InChI is InChI=1S/C43H54N6O9S/c1-24(2)37(50)47-41-45-32(23-59-41)31-20-35(29-17-18-34(55-4)25(3)36(29)44-31)57-28-19-33-38(51)48-43(40(53)56-5)21-26(43)13-9-7-6-8-10-16-30(39(52)49(33)22-28)46-42(54)58-27-14-11-12-15-27/h9,13,17-18,20,23-24,26-28,30,33H,6-8,10-12,14-16,19,21-22H2,1-5H3,(H,46,54)(H,48,51)(H,45,47,50)/b13-9-/t26-,28-,30+,33+,43-/m1/s1. The van der Waals surface area contributed by atoms with E-state index in [2.05, 4.69) is 20.9 Å². The number of aromatic nitrogens is 2. The van der Waals surface area contributed by atoms with Crippen molar-refractivity contribution in [1.82, 2.24) is 25.5 Å². The summed E-state index contributed by atoms with van der Waals surface area (Å²) >= 11 is 1.28. The van der Waals surface area contributed by atoms with E-state index < -0.39 is 47.6 Å². The number of alkyl carbamates (subject to hydrolysis) is 1. The van der Waals surface area contributed by atoms with Crippen LogP contribution in [0.25, 0.3) is 22.3 Å². The average Bonchev–Trinajstić information content (AvgIpc) is 3.66. The normalized spacial score (nSPS) is 25.6. The summed E-state index contributed by atoms with van der Waals surface area (Å²) in [7, 11) is 2.88. The van der Waals surface area contributed by atoms with Crippen LogP contribution in [0.5, 0.6) is 11.5 Å². The second-order valence-corrected chi connectivity index (χ2v) is 17.2. The number of hydrogen-bond acceptors (Lipinski definition) is 12. The van der Waals surface area contributed by atoms with Gasteiger partial charge in [0.05, 0.1) is 32.0 Å². The number of hydrogen-bond donors (Lipinski definition) is 3. The molecule has 3 fully saturated rings. The lowest BCUT2D eigenvalue weighted by Crippen LogP contribution is -2.56. The molecule has 2 aliphatic heterocycles. The Morgan fingerprint density at radius 1 is 0.983 bits per heavy atom. The van der Waals surface area contributed by atoms with Gasteiger partial charge in [-0.05, 0) is 70.4 Å². The summed E-state index contributed by atoms with van der Waals surface area (Å²) in [4.78, 5) is 79.0. The molecule has 4 amide bonds. The number of pyridine rings is 1. The van der Waals surface area contributed by atoms with Gasteiger partial charge in [0.1, 0.15) is 47.0 Å². The van der Waals surface area contributed by atoms with Gasteiger partial charge in [-0.15, -0.1) is 11.3 Å². The highest BCUT2D eigenvalue weighted by atomic mass is 32.1. The van der Waals surface area contributed by atoms with Gasteiger partial charge in [-0.2, -0.15) is 0 Å². The quantitative estimate of drug-likeness (QED) is 0.164. The van der Waals surface area contributed by atoms with Gasteiger partial charge in [0.15, 0.2) is 5.13 Å². The molecule has 1 saturated heterocycles. The van der Waals surface area contributed by atoms with Crippen LogP contribution < -0.4 is 25.4 Å². The van der Waals surface area contributed by atoms with Gasteiger partial charge in [0, 0.05) is 40.7 Å². The molecule has 0 radical (unpaired) electrons. The molecule has 1 aromatic carbocycles. The number of carbonyl (C=O) groups excluding carboxylic acids is 5. The Morgan fingerprint density at radius 3 is 2.51 bits per heavy atom. The van der Waals surface area contributed by atoms with Gasteiger partial charge >= 0.3 is 12.1 Å². The summed E-state index contributed by atoms with van der Waals surface area (Å²) in [5.41, 5.74) is 1.15. The first kappa shape index (κ1) is 41.9. The molecule has 59 heavy (non-hydrogen) atoms. The summed E-state index contributed by atoms with van der Waals surface area (Å²) in [6.07, 6.45) is 9.99. The van der Waals surface area contributed by atoms with E-state index >= 15 is 0 Å². The number of ether oxygens (including phenoxy) is 4. The van der Waals surface area contributed by atoms with Crippen molar-refractivity contribution in [3.05, 3.63) is 41.3 Å². The largest absolute Gasteiger partial charge is 0.496 e. The van der Waals surface area contributed by atoms with E-state index in [-0.39, 0.29) is 36.8 Å². The van der Waals surface area contributed by atoms with Gasteiger partial charge in [0.2, 0.25) is 17.7 Å². The maximum atomic E-state index is 14.7. The molecule has 0 unspecified atom stereocenters. The van der Waals surface area contributed by atoms with Gasteiger partial charge < -0.3 is 39.8 Å². The highest BCUT2D eigenvalue weighted by Crippen LogP contribution is 2.46. The fourth-order valence-electron chi connectivity index (χ4n) is 8.36. The Labute approximate surface area is 348 Å². The maximum Gasteiger partial charge on any atom is 0.408 e. The number of anilines is 1. The Bertz CT molecular complexity index is 2120. The lowest BCUT2D eigenvalue weighted by Gasteiger charge is -2.29. The molecular formula is C43H54N6O9S. The third kappa shape index (κ3) is 9.17. The minimum absolute atomic E-state index is 0.0255. The first-order chi connectivity index (χ1) is 28.4. The number of nitrogens with one attached hydrogen (secondary N) is 3. The summed E-state index contributed by atoms with van der Waals surface area (Å²) in [6.45, 7) is 5.53. The summed E-state index contributed by atoms with van der Waals surface area (Å²) in [6, 6.07) is 3.48. The molecule has 0 bridgehead atoms. The zero-order valence-electron chi connectivity index (χ0n) is 34.3. The lowest BCUT2D eigenvalue weighted by molar-refractivity contribution is -0.148. The van der Waals surface area contributed by atoms with Crippen molar-refractivity contribution >= 4 is 57.2 Å². The molecule has 4 heterocycles. The highest BCUT2D eigenvalue weighted by Gasteiger charge is 2.62. The topological polar surface area (TPSA) is 187 Å². The first-order valence-corrected chi connectivity index (χ1v) is 21.5. The summed E-state index contributed by atoms with van der Waals surface area (Å²) in [5, 5.41) is 11.6. The molecule has 16 heteroatoms. The number of thiazole rings is 1. The first-order valence-electron chi connectivity index (χ1n) is 20.7. The minimum atomic E-state index is -1.24. The van der Waals surface area contributed by atoms with E-state index in [0.717, 1.165) is 50.5 Å². The number of methoxy groups -OCH3 is 2. The van der Waals surface area contributed by atoms with E-state index in [1.54, 1.807) is 32.4 Å². The molecular weight excluding hydrogens is 777 g/mol. The van der Waals surface area contributed by atoms with Gasteiger partial charge in [0.25, 0.3) is 0 Å². The van der Waals surface area contributed by atoms with Crippen LogP contribution in [0.2, 0.25) is 0 Å². The molecule has 3 aromatic rings. The van der Waals surface area contributed by atoms with Crippen molar-refractivity contribution < 1.29 is 42.9 Å². The Hall–Kier alpha value is -5.25. The third-order valence-corrected chi connectivity index (χ3v) is 12.6. The Balaban J connectivity index is 1.22. The van der Waals surface area contributed by atoms with Crippen molar-refractivity contribution in [1.29, 1.82) is 0 Å². The van der Waals surface area contributed by atoms with E-state index in [4.69, 9.17) is 23.9 Å². The van der Waals surface area contributed by atoms with E-state index in [0.29, 0.717) is 58.2 Å². The van der Waals surface area contributed by atoms with Crippen LogP contribution in [-0.4, -0.2) is 95.2 Å². The van der Waals surface area contributed by atoms with E-state index in [9.17, 15) is 24.0 Å². The van der Waals surface area contributed by atoms with Crippen LogP contribution in [-0.2, 0) is 28.7 Å². The number of rotatable bonds is 9. The number of fused-ring (bicyclic) bond motifs is 3. The smallest absolute Gasteiger partial charge is 0.408 e. The fourth-order valence-corrected chi connectivity index (χ4v) is 9.06. The second-order valence-electron chi connectivity index (χ2n) is 16.3. The van der Waals surface area contributed by atoms with Crippen LogP contribution in [0.15, 0.2) is 35.7 Å². The van der Waals surface area contributed by atoms with Crippen LogP contribution in [0.3, 0.4) is 0 Å². The van der Waals surface area contributed by atoms with Crippen LogP contribution in [0.1, 0.15) is 90.0 Å². The van der Waals surface area contributed by atoms with Crippen molar-refractivity contribution in [3.63, 3.8) is 0 Å². The summed E-state index contributed by atoms with van der Waals surface area (Å²) in [5.74, 6) is -1.02. The number of amides is 4. The van der Waals surface area contributed by atoms with Crippen molar-refractivity contribution in [2.75, 3.05) is 26.1 Å². The number of benzene rings is 1. The molecule has 2 aliphatic carbocycles. The summed E-state index contributed by atoms with van der Waals surface area (Å²) < 4.78 is 23.3. The molecule has 2 aromatic heterocycles. The zero-order valence-corrected chi connectivity index (χ0v) is 35.2. The lowest BCUT2D eigenvalue weighted by atomic mass is 10.0. The molecule has 3 N–H and O–H groups in total. The molecule has 0 spiro atoms. The Kier molecular flexibility index (Phi) is 12.7. The zero-order chi connectivity index (χ0) is 41.8. The molecule has 2 saturated carbocycles. The molecule has 15 nitrogen and oxygen atoms in total. The fraction of sp³-hybridized carbons (Fsp3) is 0.558. The molecule has 4 aliphatic rings. The number of allylic oxidation sites excluding steroid dienone is 1. The van der Waals surface area contributed by atoms with Crippen LogP contribution >= 0.6 is 11.3 Å².